The number of nitrogens with one attached hydrogen (secondary N) is 1. The molecule has 0 unspecified atom stereocenters. The van der Waals surface area contributed by atoms with Gasteiger partial charge in [0.05, 0.1) is 7.11 Å². The van der Waals surface area contributed by atoms with Crippen LogP contribution in [0.4, 0.5) is 5.69 Å². The second-order valence-corrected chi connectivity index (χ2v) is 5.94. The van der Waals surface area contributed by atoms with Gasteiger partial charge in [-0.3, -0.25) is 0 Å². The number of hydrogen-bond acceptors (Lipinski definition) is 3. The Morgan fingerprint density at radius 2 is 2.05 bits per heavy atom. The monoisotopic (exact) mass is 262 g/mol. The number of rotatable bonds is 5. The van der Waals surface area contributed by atoms with Crippen LogP contribution in [-0.2, 0) is 0 Å². The Morgan fingerprint density at radius 3 is 2.53 bits per heavy atom. The van der Waals surface area contributed by atoms with Crippen LogP contribution in [0.25, 0.3) is 0 Å². The van der Waals surface area contributed by atoms with Gasteiger partial charge in [0, 0.05) is 38.3 Å². The number of methoxy groups -OCH3 is 1. The van der Waals surface area contributed by atoms with Crippen molar-refractivity contribution in [2.75, 3.05) is 38.7 Å². The number of nitrogens with zero attached hydrogens (tertiary/aromatic N) is 1. The normalized spacial score (nSPS) is 15.5. The van der Waals surface area contributed by atoms with Gasteiger partial charge in [0.15, 0.2) is 0 Å². The van der Waals surface area contributed by atoms with Crippen LogP contribution < -0.4 is 15.0 Å². The van der Waals surface area contributed by atoms with E-state index in [4.69, 9.17) is 4.74 Å². The highest BCUT2D eigenvalue weighted by molar-refractivity contribution is 5.59. The molecule has 3 nitrogen and oxygen atoms in total. The van der Waals surface area contributed by atoms with Gasteiger partial charge in [-0.2, -0.15) is 0 Å². The molecule has 0 saturated carbocycles. The lowest BCUT2D eigenvalue weighted by Gasteiger charge is -2.33. The maximum Gasteiger partial charge on any atom is 0.122 e. The first-order chi connectivity index (χ1) is 9.02. The Labute approximate surface area is 116 Å². The molecule has 19 heavy (non-hydrogen) atoms. The Balaban J connectivity index is 2.25. The Hall–Kier alpha value is -1.22. The van der Waals surface area contributed by atoms with Crippen molar-refractivity contribution in [3.05, 3.63) is 23.3 Å². The third-order valence-corrected chi connectivity index (χ3v) is 3.98. The summed E-state index contributed by atoms with van der Waals surface area (Å²) >= 11 is 0. The van der Waals surface area contributed by atoms with Gasteiger partial charge in [0.2, 0.25) is 0 Å². The second kappa shape index (κ2) is 5.83. The van der Waals surface area contributed by atoms with Crippen molar-refractivity contribution < 1.29 is 4.74 Å². The van der Waals surface area contributed by atoms with Gasteiger partial charge >= 0.3 is 0 Å². The van der Waals surface area contributed by atoms with Gasteiger partial charge in [0.1, 0.15) is 5.75 Å². The SMILES string of the molecule is COc1cc(C)c(N(C)CC2CNC2)cc1C(C)C. The van der Waals surface area contributed by atoms with Gasteiger partial charge in [-0.25, -0.2) is 0 Å². The van der Waals surface area contributed by atoms with Gasteiger partial charge in [0.25, 0.3) is 0 Å². The van der Waals surface area contributed by atoms with Crippen LogP contribution in [0.5, 0.6) is 5.75 Å². The lowest BCUT2D eigenvalue weighted by Crippen LogP contribution is -2.47. The highest BCUT2D eigenvalue weighted by Gasteiger charge is 2.20. The lowest BCUT2D eigenvalue weighted by atomic mass is 9.97. The maximum atomic E-state index is 5.51. The summed E-state index contributed by atoms with van der Waals surface area (Å²) in [6, 6.07) is 4.46. The van der Waals surface area contributed by atoms with Crippen LogP contribution in [0.15, 0.2) is 12.1 Å². The first-order valence-corrected chi connectivity index (χ1v) is 7.13. The van der Waals surface area contributed by atoms with Crippen molar-refractivity contribution in [2.24, 2.45) is 5.92 Å². The summed E-state index contributed by atoms with van der Waals surface area (Å²) in [5.74, 6) is 2.28. The minimum Gasteiger partial charge on any atom is -0.496 e. The van der Waals surface area contributed by atoms with Crippen LogP contribution in [-0.4, -0.2) is 33.8 Å². The van der Waals surface area contributed by atoms with Crippen molar-refractivity contribution in [2.45, 2.75) is 26.7 Å². The van der Waals surface area contributed by atoms with Gasteiger partial charge in [-0.1, -0.05) is 13.8 Å². The highest BCUT2D eigenvalue weighted by Crippen LogP contribution is 2.33. The first-order valence-electron chi connectivity index (χ1n) is 7.13. The third-order valence-electron chi connectivity index (χ3n) is 3.98. The molecule has 0 bridgehead atoms. The molecular weight excluding hydrogens is 236 g/mol. The zero-order valence-electron chi connectivity index (χ0n) is 12.8. The van der Waals surface area contributed by atoms with E-state index in [1.807, 2.05) is 0 Å². The summed E-state index contributed by atoms with van der Waals surface area (Å²) in [6.45, 7) is 10.0. The molecule has 3 heteroatoms. The Morgan fingerprint density at radius 1 is 1.37 bits per heavy atom. The molecule has 2 rings (SSSR count). The fourth-order valence-corrected chi connectivity index (χ4v) is 2.69. The molecule has 1 aromatic carbocycles. The topological polar surface area (TPSA) is 24.5 Å². The first kappa shape index (κ1) is 14.2. The van der Waals surface area contributed by atoms with Crippen molar-refractivity contribution in [3.8, 4) is 5.75 Å². The van der Waals surface area contributed by atoms with Crippen LogP contribution >= 0.6 is 0 Å². The maximum absolute atomic E-state index is 5.51. The molecule has 1 N–H and O–H groups in total. The Bertz CT molecular complexity index is 439. The van der Waals surface area contributed by atoms with E-state index in [1.54, 1.807) is 7.11 Å². The fraction of sp³-hybridized carbons (Fsp3) is 0.625. The van der Waals surface area contributed by atoms with Gasteiger partial charge in [-0.05, 0) is 36.1 Å². The van der Waals surface area contributed by atoms with E-state index < -0.39 is 0 Å². The number of hydrogen-bond donors (Lipinski definition) is 1. The molecule has 0 radical (unpaired) electrons. The molecule has 1 aliphatic rings. The predicted octanol–water partition coefficient (Wildman–Crippen LogP) is 2.78. The van der Waals surface area contributed by atoms with Gasteiger partial charge < -0.3 is 15.0 Å². The standard InChI is InChI=1S/C16H26N2O/c1-11(2)14-7-15(12(3)6-16(14)19-5)18(4)10-13-8-17-9-13/h6-7,11,13,17H,8-10H2,1-5H3. The molecule has 1 fully saturated rings. The van der Waals surface area contributed by atoms with E-state index in [1.165, 1.54) is 16.8 Å². The minimum absolute atomic E-state index is 0.480. The average Bonchev–Trinajstić information content (AvgIpc) is 2.32. The summed E-state index contributed by atoms with van der Waals surface area (Å²) in [4.78, 5) is 2.38. The third kappa shape index (κ3) is 3.03. The second-order valence-electron chi connectivity index (χ2n) is 5.94. The molecule has 0 amide bonds. The lowest BCUT2D eigenvalue weighted by molar-refractivity contribution is 0.352. The Kier molecular flexibility index (Phi) is 4.35. The van der Waals surface area contributed by atoms with Crippen molar-refractivity contribution in [1.82, 2.24) is 5.32 Å². The van der Waals surface area contributed by atoms with E-state index >= 15 is 0 Å². The molecule has 1 saturated heterocycles. The number of anilines is 1. The summed E-state index contributed by atoms with van der Waals surface area (Å²) < 4.78 is 5.51. The van der Waals surface area contributed by atoms with Crippen LogP contribution in [0.1, 0.15) is 30.9 Å². The smallest absolute Gasteiger partial charge is 0.122 e. The van der Waals surface area contributed by atoms with Crippen LogP contribution in [0, 0.1) is 12.8 Å². The van der Waals surface area contributed by atoms with Crippen molar-refractivity contribution in [1.29, 1.82) is 0 Å². The zero-order valence-corrected chi connectivity index (χ0v) is 12.8. The van der Waals surface area contributed by atoms with Crippen LogP contribution in [0.2, 0.25) is 0 Å². The number of ether oxygens (including phenoxy) is 1. The molecule has 0 aromatic heterocycles. The van der Waals surface area contributed by atoms with Crippen molar-refractivity contribution in [3.63, 3.8) is 0 Å². The van der Waals surface area contributed by atoms with Crippen molar-refractivity contribution >= 4 is 5.69 Å². The van der Waals surface area contributed by atoms with E-state index in [2.05, 4.69) is 50.2 Å². The molecule has 106 valence electrons. The summed E-state index contributed by atoms with van der Waals surface area (Å²) in [5.41, 5.74) is 3.91. The van der Waals surface area contributed by atoms with E-state index in [9.17, 15) is 0 Å². The van der Waals surface area contributed by atoms with E-state index in [0.29, 0.717) is 5.92 Å². The van der Waals surface area contributed by atoms with E-state index in [0.717, 1.165) is 31.3 Å². The minimum atomic E-state index is 0.480. The molecule has 1 aromatic rings. The molecule has 1 heterocycles. The summed E-state index contributed by atoms with van der Waals surface area (Å²) in [5, 5.41) is 3.33. The van der Waals surface area contributed by atoms with Gasteiger partial charge in [-0.15, -0.1) is 0 Å². The molecule has 0 atom stereocenters. The fourth-order valence-electron chi connectivity index (χ4n) is 2.69. The highest BCUT2D eigenvalue weighted by atomic mass is 16.5. The van der Waals surface area contributed by atoms with Crippen LogP contribution in [0.3, 0.4) is 0 Å². The molecule has 0 spiro atoms. The molecular formula is C16H26N2O. The average molecular weight is 262 g/mol. The van der Waals surface area contributed by atoms with E-state index in [-0.39, 0.29) is 0 Å². The largest absolute Gasteiger partial charge is 0.496 e. The summed E-state index contributed by atoms with van der Waals surface area (Å²) in [7, 11) is 3.95. The summed E-state index contributed by atoms with van der Waals surface area (Å²) in [6.07, 6.45) is 0. The zero-order chi connectivity index (χ0) is 14.0. The quantitative estimate of drug-likeness (QED) is 0.883. The molecule has 1 aliphatic heterocycles. The number of aryl methyl sites for hydroxylation is 1. The number of benzene rings is 1. The predicted molar refractivity (Wildman–Crippen MR) is 81.4 cm³/mol. The molecule has 0 aliphatic carbocycles.